The second-order valence-corrected chi connectivity index (χ2v) is 14.5. The van der Waals surface area contributed by atoms with Gasteiger partial charge in [-0.2, -0.15) is 0 Å². The molecule has 1 heterocycles. The SMILES string of the molecule is CC1CCC(NC(=O)c2cc3nc(Cc4c(Cl)ccc(CNC(=O)C(C)(C)C)c4Cl)n(C)c3cc2N(C)C2CCC2)CC1. The lowest BCUT2D eigenvalue weighted by Gasteiger charge is -2.37. The van der Waals surface area contributed by atoms with Crippen molar-refractivity contribution in [2.45, 2.75) is 97.7 Å². The van der Waals surface area contributed by atoms with Crippen LogP contribution < -0.4 is 15.5 Å². The fourth-order valence-electron chi connectivity index (χ4n) is 6.09. The van der Waals surface area contributed by atoms with Crippen LogP contribution in [0.5, 0.6) is 0 Å². The molecule has 9 heteroatoms. The van der Waals surface area contributed by atoms with Crippen molar-refractivity contribution < 1.29 is 9.59 Å². The van der Waals surface area contributed by atoms with Crippen molar-refractivity contribution in [2.24, 2.45) is 18.4 Å². The van der Waals surface area contributed by atoms with Crippen molar-refractivity contribution in [2.75, 3.05) is 11.9 Å². The molecule has 2 aromatic carbocycles. The van der Waals surface area contributed by atoms with E-state index in [2.05, 4.69) is 40.1 Å². The normalized spacial score (nSPS) is 19.3. The number of benzene rings is 2. The molecule has 232 valence electrons. The van der Waals surface area contributed by atoms with E-state index in [0.717, 1.165) is 78.1 Å². The Labute approximate surface area is 265 Å². The summed E-state index contributed by atoms with van der Waals surface area (Å²) in [5.74, 6) is 1.45. The van der Waals surface area contributed by atoms with Gasteiger partial charge in [-0.25, -0.2) is 4.98 Å². The van der Waals surface area contributed by atoms with E-state index in [0.29, 0.717) is 34.6 Å². The van der Waals surface area contributed by atoms with E-state index in [-0.39, 0.29) is 17.9 Å². The molecule has 3 aromatic rings. The fourth-order valence-corrected chi connectivity index (χ4v) is 6.66. The molecule has 0 spiro atoms. The topological polar surface area (TPSA) is 79.3 Å². The van der Waals surface area contributed by atoms with E-state index >= 15 is 0 Å². The zero-order chi connectivity index (χ0) is 31.1. The molecule has 0 radical (unpaired) electrons. The molecule has 2 aliphatic carbocycles. The molecule has 2 fully saturated rings. The second kappa shape index (κ2) is 12.7. The van der Waals surface area contributed by atoms with Crippen LogP contribution >= 0.6 is 23.2 Å². The molecule has 0 unspecified atom stereocenters. The highest BCUT2D eigenvalue weighted by Gasteiger charge is 2.29. The van der Waals surface area contributed by atoms with E-state index in [9.17, 15) is 9.59 Å². The summed E-state index contributed by atoms with van der Waals surface area (Å²) in [6, 6.07) is 8.39. The minimum Gasteiger partial charge on any atom is -0.371 e. The Balaban J connectivity index is 1.46. The van der Waals surface area contributed by atoms with Gasteiger partial charge in [0.1, 0.15) is 5.82 Å². The average Bonchev–Trinajstić information content (AvgIpc) is 3.23. The van der Waals surface area contributed by atoms with Gasteiger partial charge in [-0.1, -0.05) is 57.0 Å². The predicted molar refractivity (Wildman–Crippen MR) is 176 cm³/mol. The molecule has 0 bridgehead atoms. The van der Waals surface area contributed by atoms with Crippen LogP contribution in [0.25, 0.3) is 11.0 Å². The maximum atomic E-state index is 13.7. The minimum atomic E-state index is -0.495. The summed E-state index contributed by atoms with van der Waals surface area (Å²) in [6.07, 6.45) is 8.26. The first-order chi connectivity index (χ1) is 20.3. The Morgan fingerprint density at radius 3 is 2.40 bits per heavy atom. The number of carbonyl (C=O) groups excluding carboxylic acids is 2. The van der Waals surface area contributed by atoms with E-state index < -0.39 is 5.41 Å². The molecular weight excluding hydrogens is 581 g/mol. The lowest BCUT2D eigenvalue weighted by molar-refractivity contribution is -0.128. The van der Waals surface area contributed by atoms with Gasteiger partial charge < -0.3 is 20.1 Å². The van der Waals surface area contributed by atoms with Gasteiger partial charge in [0.05, 0.1) is 27.3 Å². The zero-order valence-electron chi connectivity index (χ0n) is 26.3. The van der Waals surface area contributed by atoms with Gasteiger partial charge in [0.2, 0.25) is 5.91 Å². The molecule has 2 aliphatic rings. The number of hydrogen-bond acceptors (Lipinski definition) is 4. The second-order valence-electron chi connectivity index (χ2n) is 13.7. The Hall–Kier alpha value is -2.77. The minimum absolute atomic E-state index is 0.0223. The number of carbonyl (C=O) groups is 2. The van der Waals surface area contributed by atoms with Crippen LogP contribution in [0.3, 0.4) is 0 Å². The first-order valence-corrected chi connectivity index (χ1v) is 16.4. The molecular formula is C34H45Cl2N5O2. The van der Waals surface area contributed by atoms with Crippen LogP contribution in [0.1, 0.15) is 99.9 Å². The third-order valence-electron chi connectivity index (χ3n) is 9.41. The van der Waals surface area contributed by atoms with Crippen LogP contribution in [0, 0.1) is 11.3 Å². The number of imidazole rings is 1. The number of amides is 2. The first kappa shape index (κ1) is 31.6. The Kier molecular flexibility index (Phi) is 9.34. The van der Waals surface area contributed by atoms with Gasteiger partial charge in [-0.05, 0) is 80.2 Å². The van der Waals surface area contributed by atoms with Crippen LogP contribution in [-0.4, -0.2) is 40.5 Å². The molecule has 1 aromatic heterocycles. The number of anilines is 1. The van der Waals surface area contributed by atoms with Crippen LogP contribution in [0.4, 0.5) is 5.69 Å². The van der Waals surface area contributed by atoms with Gasteiger partial charge in [-0.3, -0.25) is 9.59 Å². The molecule has 43 heavy (non-hydrogen) atoms. The number of aromatic nitrogens is 2. The lowest BCUT2D eigenvalue weighted by Crippen LogP contribution is -2.40. The summed E-state index contributed by atoms with van der Waals surface area (Å²) in [6.45, 7) is 8.24. The van der Waals surface area contributed by atoms with E-state index in [1.807, 2.05) is 46.0 Å². The maximum Gasteiger partial charge on any atom is 0.253 e. The Morgan fingerprint density at radius 2 is 1.77 bits per heavy atom. The summed E-state index contributed by atoms with van der Waals surface area (Å²) < 4.78 is 2.07. The lowest BCUT2D eigenvalue weighted by atomic mass is 9.87. The van der Waals surface area contributed by atoms with E-state index in [1.165, 1.54) is 6.42 Å². The van der Waals surface area contributed by atoms with E-state index in [1.54, 1.807) is 0 Å². The van der Waals surface area contributed by atoms with E-state index in [4.69, 9.17) is 28.2 Å². The maximum absolute atomic E-state index is 13.7. The monoisotopic (exact) mass is 625 g/mol. The van der Waals surface area contributed by atoms with Crippen molar-refractivity contribution in [3.05, 3.63) is 56.8 Å². The summed E-state index contributed by atoms with van der Waals surface area (Å²) in [7, 11) is 4.10. The molecule has 2 amide bonds. The smallest absolute Gasteiger partial charge is 0.253 e. The highest BCUT2D eigenvalue weighted by atomic mass is 35.5. The van der Waals surface area contributed by atoms with Crippen molar-refractivity contribution in [1.82, 2.24) is 20.2 Å². The van der Waals surface area contributed by atoms with Crippen molar-refractivity contribution in [1.29, 1.82) is 0 Å². The molecule has 0 atom stereocenters. The molecule has 2 saturated carbocycles. The van der Waals surface area contributed by atoms with Crippen LogP contribution in [0.2, 0.25) is 10.0 Å². The molecule has 2 N–H and O–H groups in total. The highest BCUT2D eigenvalue weighted by Crippen LogP contribution is 2.35. The average molecular weight is 627 g/mol. The predicted octanol–water partition coefficient (Wildman–Crippen LogP) is 7.43. The quantitative estimate of drug-likeness (QED) is 0.273. The highest BCUT2D eigenvalue weighted by molar-refractivity contribution is 6.36. The fraction of sp³-hybridized carbons (Fsp3) is 0.559. The Bertz CT molecular complexity index is 1510. The van der Waals surface area contributed by atoms with Crippen LogP contribution in [-0.2, 0) is 24.8 Å². The number of nitrogens with one attached hydrogen (secondary N) is 2. The molecule has 7 nitrogen and oxygen atoms in total. The number of nitrogens with zero attached hydrogens (tertiary/aromatic N) is 3. The summed E-state index contributed by atoms with van der Waals surface area (Å²) in [4.78, 5) is 33.4. The van der Waals surface area contributed by atoms with Gasteiger partial charge in [0, 0.05) is 49.6 Å². The van der Waals surface area contributed by atoms with Crippen molar-refractivity contribution in [3.63, 3.8) is 0 Å². The molecule has 0 aliphatic heterocycles. The zero-order valence-corrected chi connectivity index (χ0v) is 27.8. The largest absolute Gasteiger partial charge is 0.371 e. The van der Waals surface area contributed by atoms with Gasteiger partial charge in [0.25, 0.3) is 5.91 Å². The third kappa shape index (κ3) is 6.83. The first-order valence-electron chi connectivity index (χ1n) is 15.6. The van der Waals surface area contributed by atoms with Gasteiger partial charge in [-0.15, -0.1) is 0 Å². The third-order valence-corrected chi connectivity index (χ3v) is 10.2. The standard InChI is InChI=1S/C34H45Cl2N5O2/c1-20-10-13-22(14-11-20)38-32(42)25-16-27-29(18-28(25)40(5)23-8-7-9-23)41(6)30(39-27)17-24-26(35)15-12-21(31(24)36)19-37-33(43)34(2,3)4/h12,15-16,18,20,22-23H,7-11,13-14,17,19H2,1-6H3,(H,37,43)(H,38,42). The number of aryl methyl sites for hydroxylation is 1. The van der Waals surface area contributed by atoms with Gasteiger partial charge in [0.15, 0.2) is 0 Å². The summed E-state index contributed by atoms with van der Waals surface area (Å²) in [5, 5.41) is 7.39. The summed E-state index contributed by atoms with van der Waals surface area (Å²) in [5.41, 5.74) is 4.43. The number of fused-ring (bicyclic) bond motifs is 1. The molecule has 5 rings (SSSR count). The van der Waals surface area contributed by atoms with Crippen molar-refractivity contribution >= 4 is 51.7 Å². The van der Waals surface area contributed by atoms with Crippen molar-refractivity contribution in [3.8, 4) is 0 Å². The summed E-state index contributed by atoms with van der Waals surface area (Å²) >= 11 is 13.5. The van der Waals surface area contributed by atoms with Crippen LogP contribution in [0.15, 0.2) is 24.3 Å². The number of halogens is 2. The number of rotatable bonds is 8. The van der Waals surface area contributed by atoms with Gasteiger partial charge >= 0.3 is 0 Å². The Morgan fingerprint density at radius 1 is 1.07 bits per heavy atom. The molecule has 0 saturated heterocycles. The number of hydrogen-bond donors (Lipinski definition) is 2.